The van der Waals surface area contributed by atoms with Crippen molar-refractivity contribution < 1.29 is 0 Å². The van der Waals surface area contributed by atoms with Gasteiger partial charge in [0.05, 0.1) is 11.9 Å². The minimum atomic E-state index is 0.565. The molecule has 0 atom stereocenters. The summed E-state index contributed by atoms with van der Waals surface area (Å²) in [5.74, 6) is 0. The van der Waals surface area contributed by atoms with Crippen LogP contribution in [0.4, 0.5) is 0 Å². The van der Waals surface area contributed by atoms with E-state index >= 15 is 0 Å². The molecule has 0 spiro atoms. The lowest BCUT2D eigenvalue weighted by Gasteiger charge is -2.07. The Kier molecular flexibility index (Phi) is 3.35. The first-order valence-corrected chi connectivity index (χ1v) is 6.68. The molecule has 0 radical (unpaired) electrons. The fourth-order valence-corrected chi connectivity index (χ4v) is 2.34. The van der Waals surface area contributed by atoms with Gasteiger partial charge in [-0.15, -0.1) is 0 Å². The van der Waals surface area contributed by atoms with Crippen LogP contribution >= 0.6 is 0 Å². The molecule has 0 unspecified atom stereocenters. The van der Waals surface area contributed by atoms with Gasteiger partial charge in [0.2, 0.25) is 0 Å². The second-order valence-corrected chi connectivity index (χ2v) is 4.86. The average Bonchev–Trinajstić information content (AvgIpc) is 2.97. The molecule has 3 heteroatoms. The number of hydrogen-bond donors (Lipinski definition) is 1. The third-order valence-electron chi connectivity index (χ3n) is 3.43. The van der Waals surface area contributed by atoms with Gasteiger partial charge in [-0.25, -0.2) is 4.68 Å². The summed E-state index contributed by atoms with van der Waals surface area (Å²) in [6.45, 7) is 2.65. The number of aryl methyl sites for hydroxylation is 1. The predicted octanol–water partition coefficient (Wildman–Crippen LogP) is 3.31. The molecule has 0 aliphatic carbocycles. The summed E-state index contributed by atoms with van der Waals surface area (Å²) in [5, 5.41) is 4.46. The molecular weight excluding hydrogens is 246 g/mol. The molecule has 20 heavy (non-hydrogen) atoms. The van der Waals surface area contributed by atoms with Crippen LogP contribution in [0.5, 0.6) is 0 Å². The van der Waals surface area contributed by atoms with Gasteiger partial charge in [-0.2, -0.15) is 5.10 Å². The molecule has 3 nitrogen and oxygen atoms in total. The lowest BCUT2D eigenvalue weighted by atomic mass is 10.1. The summed E-state index contributed by atoms with van der Waals surface area (Å²) in [5.41, 5.74) is 11.4. The maximum atomic E-state index is 5.67. The Labute approximate surface area is 118 Å². The maximum absolute atomic E-state index is 5.67. The molecule has 1 heterocycles. The zero-order valence-corrected chi connectivity index (χ0v) is 11.5. The quantitative estimate of drug-likeness (QED) is 0.788. The van der Waals surface area contributed by atoms with Crippen molar-refractivity contribution in [1.82, 2.24) is 9.78 Å². The summed E-state index contributed by atoms with van der Waals surface area (Å²) >= 11 is 0. The standard InChI is InChI=1S/C17H17N3/c1-13-9-14(10-18)7-8-17(13)20-12-16(11-19-20)15-5-3-2-4-6-15/h2-9,11-12H,10,18H2,1H3. The van der Waals surface area contributed by atoms with Crippen LogP contribution in [0.25, 0.3) is 16.8 Å². The van der Waals surface area contributed by atoms with Gasteiger partial charge >= 0.3 is 0 Å². The SMILES string of the molecule is Cc1cc(CN)ccc1-n1cc(-c2ccccc2)cn1. The molecule has 2 aromatic carbocycles. The van der Waals surface area contributed by atoms with Crippen LogP contribution < -0.4 is 5.73 Å². The minimum Gasteiger partial charge on any atom is -0.326 e. The van der Waals surface area contributed by atoms with E-state index in [1.165, 1.54) is 11.1 Å². The van der Waals surface area contributed by atoms with Crippen molar-refractivity contribution in [2.24, 2.45) is 5.73 Å². The Bertz CT molecular complexity index is 714. The van der Waals surface area contributed by atoms with Crippen molar-refractivity contribution in [2.45, 2.75) is 13.5 Å². The van der Waals surface area contributed by atoms with E-state index in [1.807, 2.05) is 35.1 Å². The lowest BCUT2D eigenvalue weighted by Crippen LogP contribution is -2.01. The van der Waals surface area contributed by atoms with E-state index in [1.54, 1.807) is 0 Å². The molecular formula is C17H17N3. The molecule has 1 aromatic heterocycles. The third kappa shape index (κ3) is 2.36. The van der Waals surface area contributed by atoms with Crippen molar-refractivity contribution >= 4 is 0 Å². The van der Waals surface area contributed by atoms with Crippen molar-refractivity contribution in [3.8, 4) is 16.8 Å². The Hall–Kier alpha value is -2.39. The first-order chi connectivity index (χ1) is 9.78. The van der Waals surface area contributed by atoms with E-state index in [-0.39, 0.29) is 0 Å². The summed E-state index contributed by atoms with van der Waals surface area (Å²) < 4.78 is 1.91. The highest BCUT2D eigenvalue weighted by Crippen LogP contribution is 2.21. The van der Waals surface area contributed by atoms with Gasteiger partial charge in [-0.1, -0.05) is 42.5 Å². The molecule has 0 amide bonds. The number of nitrogens with zero attached hydrogens (tertiary/aromatic N) is 2. The Balaban J connectivity index is 1.98. The molecule has 3 aromatic rings. The second kappa shape index (κ2) is 5.31. The highest BCUT2D eigenvalue weighted by molar-refractivity contribution is 5.62. The van der Waals surface area contributed by atoms with E-state index < -0.39 is 0 Å². The van der Waals surface area contributed by atoms with Crippen LogP contribution in [-0.4, -0.2) is 9.78 Å². The third-order valence-corrected chi connectivity index (χ3v) is 3.43. The Morgan fingerprint density at radius 2 is 1.85 bits per heavy atom. The predicted molar refractivity (Wildman–Crippen MR) is 81.6 cm³/mol. The van der Waals surface area contributed by atoms with Crippen LogP contribution in [0, 0.1) is 6.92 Å². The van der Waals surface area contributed by atoms with Crippen LogP contribution in [0.15, 0.2) is 60.9 Å². The van der Waals surface area contributed by atoms with Crippen molar-refractivity contribution in [3.63, 3.8) is 0 Å². The summed E-state index contributed by atoms with van der Waals surface area (Å²) in [6, 6.07) is 16.5. The molecule has 3 rings (SSSR count). The zero-order valence-electron chi connectivity index (χ0n) is 11.5. The maximum Gasteiger partial charge on any atom is 0.0675 e. The molecule has 0 fully saturated rings. The molecule has 0 bridgehead atoms. The molecule has 0 aliphatic rings. The van der Waals surface area contributed by atoms with Crippen molar-refractivity contribution in [2.75, 3.05) is 0 Å². The Morgan fingerprint density at radius 1 is 1.05 bits per heavy atom. The summed E-state index contributed by atoms with van der Waals surface area (Å²) in [4.78, 5) is 0. The minimum absolute atomic E-state index is 0.565. The fourth-order valence-electron chi connectivity index (χ4n) is 2.34. The van der Waals surface area contributed by atoms with Gasteiger partial charge in [-0.3, -0.25) is 0 Å². The van der Waals surface area contributed by atoms with Gasteiger partial charge in [0, 0.05) is 18.3 Å². The monoisotopic (exact) mass is 263 g/mol. The first kappa shape index (κ1) is 12.6. The number of hydrogen-bond acceptors (Lipinski definition) is 2. The van der Waals surface area contributed by atoms with Crippen molar-refractivity contribution in [1.29, 1.82) is 0 Å². The molecule has 0 aliphatic heterocycles. The zero-order chi connectivity index (χ0) is 13.9. The van der Waals surface area contributed by atoms with Gasteiger partial charge in [0.15, 0.2) is 0 Å². The number of benzene rings is 2. The topological polar surface area (TPSA) is 43.8 Å². The molecule has 0 saturated heterocycles. The molecule has 100 valence electrons. The Morgan fingerprint density at radius 3 is 2.55 bits per heavy atom. The number of nitrogens with two attached hydrogens (primary N) is 1. The van der Waals surface area contributed by atoms with Crippen molar-refractivity contribution in [3.05, 3.63) is 72.1 Å². The van der Waals surface area contributed by atoms with E-state index in [4.69, 9.17) is 5.73 Å². The van der Waals surface area contributed by atoms with Crippen LogP contribution in [0.3, 0.4) is 0 Å². The van der Waals surface area contributed by atoms with Crippen LogP contribution in [0.2, 0.25) is 0 Å². The van der Waals surface area contributed by atoms with E-state index in [0.29, 0.717) is 6.54 Å². The summed E-state index contributed by atoms with van der Waals surface area (Å²) in [6.07, 6.45) is 3.95. The van der Waals surface area contributed by atoms with E-state index in [0.717, 1.165) is 16.8 Å². The largest absolute Gasteiger partial charge is 0.326 e. The lowest BCUT2D eigenvalue weighted by molar-refractivity contribution is 0.870. The first-order valence-electron chi connectivity index (χ1n) is 6.68. The highest BCUT2D eigenvalue weighted by Gasteiger charge is 2.05. The van der Waals surface area contributed by atoms with Gasteiger partial charge in [0.25, 0.3) is 0 Å². The normalized spacial score (nSPS) is 10.7. The van der Waals surface area contributed by atoms with Gasteiger partial charge in [0.1, 0.15) is 0 Å². The molecule has 2 N–H and O–H groups in total. The summed E-state index contributed by atoms with van der Waals surface area (Å²) in [7, 11) is 0. The van der Waals surface area contributed by atoms with Crippen LogP contribution in [0.1, 0.15) is 11.1 Å². The number of aromatic nitrogens is 2. The van der Waals surface area contributed by atoms with E-state index in [9.17, 15) is 0 Å². The highest BCUT2D eigenvalue weighted by atomic mass is 15.3. The van der Waals surface area contributed by atoms with Crippen LogP contribution in [-0.2, 0) is 6.54 Å². The molecule has 0 saturated carbocycles. The smallest absolute Gasteiger partial charge is 0.0675 e. The van der Waals surface area contributed by atoms with Gasteiger partial charge in [-0.05, 0) is 29.7 Å². The van der Waals surface area contributed by atoms with E-state index in [2.05, 4.69) is 42.5 Å². The van der Waals surface area contributed by atoms with Gasteiger partial charge < -0.3 is 5.73 Å². The fraction of sp³-hybridized carbons (Fsp3) is 0.118. The number of rotatable bonds is 3. The average molecular weight is 263 g/mol. The second-order valence-electron chi connectivity index (χ2n) is 4.86.